The lowest BCUT2D eigenvalue weighted by Gasteiger charge is -2.46. The van der Waals surface area contributed by atoms with E-state index < -0.39 is 0 Å². The summed E-state index contributed by atoms with van der Waals surface area (Å²) in [5, 5.41) is 0. The van der Waals surface area contributed by atoms with Crippen molar-refractivity contribution in [3.05, 3.63) is 94.5 Å². The molecule has 4 heteroatoms. The Morgan fingerprint density at radius 1 is 0.743 bits per heavy atom. The minimum Gasteiger partial charge on any atom is -0.494 e. The summed E-state index contributed by atoms with van der Waals surface area (Å²) in [6, 6.07) is 22.5. The number of ether oxygens (including phenoxy) is 1. The molecule has 3 aliphatic carbocycles. The van der Waals surface area contributed by atoms with Crippen LogP contribution in [0.3, 0.4) is 0 Å². The third-order valence-electron chi connectivity index (χ3n) is 8.12. The van der Waals surface area contributed by atoms with E-state index in [4.69, 9.17) is 4.74 Å². The molecule has 0 aromatic heterocycles. The van der Waals surface area contributed by atoms with E-state index in [0.717, 1.165) is 31.4 Å². The summed E-state index contributed by atoms with van der Waals surface area (Å²) in [7, 11) is 0. The molecule has 0 N–H and O–H groups in total. The van der Waals surface area contributed by atoms with Crippen LogP contribution in [0.25, 0.3) is 0 Å². The smallest absolute Gasteiger partial charge is 0.238 e. The summed E-state index contributed by atoms with van der Waals surface area (Å²) in [6.45, 7) is 5.00. The number of rotatable bonds is 7. The lowest BCUT2D eigenvalue weighted by Crippen LogP contribution is -2.41. The molecule has 35 heavy (non-hydrogen) atoms. The Balaban J connectivity index is 1.36. The van der Waals surface area contributed by atoms with Gasteiger partial charge in [0.05, 0.1) is 24.1 Å². The Morgan fingerprint density at radius 2 is 1.37 bits per heavy atom. The van der Waals surface area contributed by atoms with Gasteiger partial charge in [-0.15, -0.1) is 0 Å². The maximum atomic E-state index is 13.9. The predicted molar refractivity (Wildman–Crippen MR) is 137 cm³/mol. The second kappa shape index (κ2) is 8.67. The summed E-state index contributed by atoms with van der Waals surface area (Å²) in [4.78, 5) is 29.2. The number of hydrogen-bond acceptors (Lipinski definition) is 3. The molecule has 0 radical (unpaired) electrons. The average molecular weight is 466 g/mol. The van der Waals surface area contributed by atoms with E-state index in [9.17, 15) is 9.59 Å². The Labute approximate surface area is 206 Å². The summed E-state index contributed by atoms with van der Waals surface area (Å²) < 4.78 is 5.84. The van der Waals surface area contributed by atoms with Gasteiger partial charge in [-0.25, -0.2) is 4.90 Å². The molecule has 2 bridgehead atoms. The van der Waals surface area contributed by atoms with E-state index in [1.54, 1.807) is 0 Å². The van der Waals surface area contributed by atoms with Crippen molar-refractivity contribution < 1.29 is 14.3 Å². The molecule has 7 rings (SSSR count). The second-order valence-electron chi connectivity index (χ2n) is 10.0. The van der Waals surface area contributed by atoms with Gasteiger partial charge in [-0.3, -0.25) is 9.59 Å². The highest BCUT2D eigenvalue weighted by atomic mass is 16.5. The van der Waals surface area contributed by atoms with E-state index in [1.165, 1.54) is 32.7 Å². The number of imide groups is 1. The first kappa shape index (κ1) is 22.1. The van der Waals surface area contributed by atoms with Gasteiger partial charge in [0, 0.05) is 11.8 Å². The topological polar surface area (TPSA) is 46.6 Å². The number of carbonyl (C=O) groups is 2. The normalized spacial score (nSPS) is 23.8. The molecule has 178 valence electrons. The number of anilines is 1. The molecule has 1 fully saturated rings. The maximum absolute atomic E-state index is 13.9. The first-order chi connectivity index (χ1) is 17.1. The van der Waals surface area contributed by atoms with Gasteiger partial charge < -0.3 is 4.74 Å². The van der Waals surface area contributed by atoms with Crippen molar-refractivity contribution in [3.8, 4) is 5.75 Å². The lowest BCUT2D eigenvalue weighted by atomic mass is 9.55. The highest BCUT2D eigenvalue weighted by Gasteiger charge is 2.61. The Kier molecular flexibility index (Phi) is 5.47. The number of amides is 2. The van der Waals surface area contributed by atoms with Crippen LogP contribution < -0.4 is 9.64 Å². The van der Waals surface area contributed by atoms with E-state index in [2.05, 4.69) is 50.2 Å². The molecule has 2 amide bonds. The largest absolute Gasteiger partial charge is 0.494 e. The van der Waals surface area contributed by atoms with E-state index in [1.807, 2.05) is 30.3 Å². The van der Waals surface area contributed by atoms with Gasteiger partial charge in [0.2, 0.25) is 11.8 Å². The number of aryl methyl sites for hydroxylation is 1. The minimum atomic E-state index is -0.355. The summed E-state index contributed by atoms with van der Waals surface area (Å²) in [6.07, 6.45) is 4.27. The fourth-order valence-corrected chi connectivity index (χ4v) is 6.48. The van der Waals surface area contributed by atoms with Crippen LogP contribution in [0.4, 0.5) is 5.69 Å². The molecule has 3 aromatic carbocycles. The molecule has 1 heterocycles. The summed E-state index contributed by atoms with van der Waals surface area (Å²) in [5.41, 5.74) is 6.76. The molecule has 0 saturated carbocycles. The highest BCUT2D eigenvalue weighted by Crippen LogP contribution is 2.61. The van der Waals surface area contributed by atoms with Crippen LogP contribution in [-0.2, 0) is 16.0 Å². The Hall–Kier alpha value is -3.40. The zero-order chi connectivity index (χ0) is 24.1. The quantitative estimate of drug-likeness (QED) is 0.308. The van der Waals surface area contributed by atoms with Crippen molar-refractivity contribution in [1.82, 2.24) is 0 Å². The van der Waals surface area contributed by atoms with Crippen molar-refractivity contribution in [2.24, 2.45) is 11.8 Å². The monoisotopic (exact) mass is 465 g/mol. The number of carbonyl (C=O) groups excluding carboxylic acids is 2. The van der Waals surface area contributed by atoms with Gasteiger partial charge in [0.15, 0.2) is 0 Å². The van der Waals surface area contributed by atoms with Crippen LogP contribution in [-0.4, -0.2) is 18.4 Å². The first-order valence-corrected chi connectivity index (χ1v) is 13.0. The molecule has 1 aliphatic heterocycles. The maximum Gasteiger partial charge on any atom is 0.238 e. The fourth-order valence-electron chi connectivity index (χ4n) is 6.48. The molecular weight excluding hydrogens is 434 g/mol. The Bertz CT molecular complexity index is 1290. The number of unbranched alkanes of at least 4 members (excludes halogenated alkanes) is 2. The van der Waals surface area contributed by atoms with Crippen LogP contribution in [0.5, 0.6) is 5.75 Å². The number of nitrogens with zero attached hydrogens (tertiary/aromatic N) is 1. The summed E-state index contributed by atoms with van der Waals surface area (Å²) >= 11 is 0. The van der Waals surface area contributed by atoms with Gasteiger partial charge in [0.1, 0.15) is 5.75 Å². The average Bonchev–Trinajstić information content (AvgIpc) is 3.17. The van der Waals surface area contributed by atoms with Crippen LogP contribution in [0.1, 0.15) is 72.8 Å². The van der Waals surface area contributed by atoms with Gasteiger partial charge in [-0.1, -0.05) is 69.2 Å². The fraction of sp³-hybridized carbons (Fsp3) is 0.355. The summed E-state index contributed by atoms with van der Waals surface area (Å²) in [5.74, 6) is -0.247. The minimum absolute atomic E-state index is 0.0753. The molecule has 4 nitrogen and oxygen atoms in total. The first-order valence-electron chi connectivity index (χ1n) is 13.0. The van der Waals surface area contributed by atoms with Gasteiger partial charge >= 0.3 is 0 Å². The third-order valence-corrected chi connectivity index (χ3v) is 8.12. The van der Waals surface area contributed by atoms with Gasteiger partial charge in [0.25, 0.3) is 0 Å². The van der Waals surface area contributed by atoms with Crippen LogP contribution in [0.2, 0.25) is 0 Å². The highest BCUT2D eigenvalue weighted by molar-refractivity contribution is 6.23. The lowest BCUT2D eigenvalue weighted by molar-refractivity contribution is -0.122. The predicted octanol–water partition coefficient (Wildman–Crippen LogP) is 6.21. The molecule has 0 unspecified atom stereocenters. The third kappa shape index (κ3) is 3.34. The van der Waals surface area contributed by atoms with Crippen LogP contribution in [0.15, 0.2) is 66.7 Å². The van der Waals surface area contributed by atoms with Gasteiger partial charge in [-0.2, -0.15) is 0 Å². The Morgan fingerprint density at radius 3 is 2.00 bits per heavy atom. The SMILES string of the molecule is CCCCCOc1ccc(N2C(=O)[C@H]3[C@@H]4c5ccccc5[C@H](c5cc(CC)ccc54)[C@@H]3C2=O)cc1. The second-order valence-corrected chi connectivity index (χ2v) is 10.0. The molecule has 1 saturated heterocycles. The molecule has 0 spiro atoms. The zero-order valence-corrected chi connectivity index (χ0v) is 20.4. The van der Waals surface area contributed by atoms with Crippen molar-refractivity contribution in [2.75, 3.05) is 11.5 Å². The van der Waals surface area contributed by atoms with E-state index in [0.29, 0.717) is 12.3 Å². The number of hydrogen-bond donors (Lipinski definition) is 0. The van der Waals surface area contributed by atoms with E-state index >= 15 is 0 Å². The van der Waals surface area contributed by atoms with E-state index in [-0.39, 0.29) is 35.5 Å². The van der Waals surface area contributed by atoms with Crippen molar-refractivity contribution in [3.63, 3.8) is 0 Å². The van der Waals surface area contributed by atoms with Crippen molar-refractivity contribution in [1.29, 1.82) is 0 Å². The van der Waals surface area contributed by atoms with Gasteiger partial charge in [-0.05, 0) is 64.9 Å². The standard InChI is InChI=1S/C31H31NO3/c1-3-5-8-17-35-21-14-12-20(13-15-21)32-30(33)28-26-22-9-6-7-10-23(22)27(29(28)31(32)34)25-18-19(4-2)11-16-24(25)26/h6-7,9-16,18,26-29H,3-5,8,17H2,1-2H3/t26-,27-,28+,29+/m1/s1. The molecule has 3 aromatic rings. The van der Waals surface area contributed by atoms with Crippen molar-refractivity contribution in [2.45, 2.75) is 51.4 Å². The van der Waals surface area contributed by atoms with Crippen molar-refractivity contribution >= 4 is 17.5 Å². The molecule has 4 aliphatic rings. The number of benzene rings is 3. The molecular formula is C31H31NO3. The van der Waals surface area contributed by atoms with Crippen LogP contribution >= 0.6 is 0 Å². The zero-order valence-electron chi connectivity index (χ0n) is 20.4. The van der Waals surface area contributed by atoms with Crippen LogP contribution in [0, 0.1) is 11.8 Å². The molecule has 4 atom stereocenters.